The standard InChI is InChI=1S/C11H18O4/c1-6-13-10(5)14-7-9(4)15-11(12)8(2)3/h6,9-10H,1-2,7H2,3-5H3. The summed E-state index contributed by atoms with van der Waals surface area (Å²) in [5.74, 6) is -0.414. The van der Waals surface area contributed by atoms with Crippen LogP contribution in [0.1, 0.15) is 20.8 Å². The smallest absolute Gasteiger partial charge is 0.333 e. The van der Waals surface area contributed by atoms with Crippen molar-refractivity contribution in [3.8, 4) is 0 Å². The van der Waals surface area contributed by atoms with Gasteiger partial charge in [-0.3, -0.25) is 0 Å². The molecular formula is C11H18O4. The normalized spacial score (nSPS) is 13.8. The average Bonchev–Trinajstić information content (AvgIpc) is 2.15. The number of rotatable bonds is 7. The van der Waals surface area contributed by atoms with Crippen molar-refractivity contribution in [3.63, 3.8) is 0 Å². The number of hydrogen-bond acceptors (Lipinski definition) is 4. The van der Waals surface area contributed by atoms with Crippen molar-refractivity contribution in [2.75, 3.05) is 6.61 Å². The summed E-state index contributed by atoms with van der Waals surface area (Å²) >= 11 is 0. The van der Waals surface area contributed by atoms with Gasteiger partial charge < -0.3 is 14.2 Å². The summed E-state index contributed by atoms with van der Waals surface area (Å²) in [5, 5.41) is 0. The molecule has 0 rings (SSSR count). The summed E-state index contributed by atoms with van der Waals surface area (Å²) in [7, 11) is 0. The van der Waals surface area contributed by atoms with Crippen LogP contribution in [0.3, 0.4) is 0 Å². The van der Waals surface area contributed by atoms with Crippen molar-refractivity contribution in [1.29, 1.82) is 0 Å². The molecule has 0 aliphatic carbocycles. The number of carbonyl (C=O) groups excluding carboxylic acids is 1. The van der Waals surface area contributed by atoms with Crippen molar-refractivity contribution in [3.05, 3.63) is 25.0 Å². The van der Waals surface area contributed by atoms with E-state index in [9.17, 15) is 4.79 Å². The molecule has 0 bridgehead atoms. The van der Waals surface area contributed by atoms with Crippen LogP contribution in [0.25, 0.3) is 0 Å². The summed E-state index contributed by atoms with van der Waals surface area (Å²) in [6.45, 7) is 12.2. The van der Waals surface area contributed by atoms with E-state index in [1.165, 1.54) is 6.26 Å². The van der Waals surface area contributed by atoms with Gasteiger partial charge in [0.2, 0.25) is 0 Å². The third kappa shape index (κ3) is 6.74. The highest BCUT2D eigenvalue weighted by atomic mass is 16.7. The molecule has 0 heterocycles. The molecule has 4 nitrogen and oxygen atoms in total. The second kappa shape index (κ2) is 7.06. The maximum atomic E-state index is 11.1. The van der Waals surface area contributed by atoms with Crippen LogP contribution >= 0.6 is 0 Å². The Hall–Kier alpha value is -1.29. The molecular weight excluding hydrogens is 196 g/mol. The fourth-order valence-electron chi connectivity index (χ4n) is 0.763. The molecule has 0 aromatic carbocycles. The van der Waals surface area contributed by atoms with Gasteiger partial charge in [0.25, 0.3) is 0 Å². The predicted molar refractivity (Wildman–Crippen MR) is 57.1 cm³/mol. The van der Waals surface area contributed by atoms with E-state index < -0.39 is 12.3 Å². The molecule has 86 valence electrons. The van der Waals surface area contributed by atoms with E-state index in [4.69, 9.17) is 14.2 Å². The Bertz CT molecular complexity index is 235. The third-order valence-corrected chi connectivity index (χ3v) is 1.51. The monoisotopic (exact) mass is 214 g/mol. The van der Waals surface area contributed by atoms with Crippen molar-refractivity contribution in [2.24, 2.45) is 0 Å². The van der Waals surface area contributed by atoms with E-state index in [1.807, 2.05) is 0 Å². The van der Waals surface area contributed by atoms with E-state index in [2.05, 4.69) is 13.2 Å². The Labute approximate surface area is 90.5 Å². The molecule has 0 aromatic heterocycles. The van der Waals surface area contributed by atoms with Crippen LogP contribution in [0.5, 0.6) is 0 Å². The summed E-state index contributed by atoms with van der Waals surface area (Å²) in [6.07, 6.45) is 0.577. The molecule has 4 heteroatoms. The molecule has 0 spiro atoms. The molecule has 0 saturated heterocycles. The number of ether oxygens (including phenoxy) is 3. The first-order valence-corrected chi connectivity index (χ1v) is 4.71. The van der Waals surface area contributed by atoms with Crippen LogP contribution in [0.15, 0.2) is 25.0 Å². The van der Waals surface area contributed by atoms with Gasteiger partial charge in [-0.15, -0.1) is 0 Å². The van der Waals surface area contributed by atoms with Crippen LogP contribution in [0, 0.1) is 0 Å². The predicted octanol–water partition coefficient (Wildman–Crippen LogP) is 2.02. The molecule has 2 unspecified atom stereocenters. The third-order valence-electron chi connectivity index (χ3n) is 1.51. The quantitative estimate of drug-likeness (QED) is 0.281. The van der Waals surface area contributed by atoms with Gasteiger partial charge in [0.15, 0.2) is 6.29 Å². The van der Waals surface area contributed by atoms with Crippen LogP contribution in [0.2, 0.25) is 0 Å². The van der Waals surface area contributed by atoms with Gasteiger partial charge in [-0.1, -0.05) is 13.2 Å². The van der Waals surface area contributed by atoms with E-state index in [0.29, 0.717) is 5.57 Å². The zero-order chi connectivity index (χ0) is 11.8. The number of esters is 1. The molecule has 0 aromatic rings. The topological polar surface area (TPSA) is 44.8 Å². The SMILES string of the molecule is C=COC(C)OCC(C)OC(=O)C(=C)C. The molecule has 2 atom stereocenters. The zero-order valence-electron chi connectivity index (χ0n) is 9.49. The van der Waals surface area contributed by atoms with Gasteiger partial charge in [0.05, 0.1) is 12.9 Å². The minimum Gasteiger partial charge on any atom is -0.473 e. The minimum atomic E-state index is -0.414. The first-order chi connectivity index (χ1) is 6.97. The van der Waals surface area contributed by atoms with Crippen LogP contribution in [-0.4, -0.2) is 25.0 Å². The largest absolute Gasteiger partial charge is 0.473 e. The lowest BCUT2D eigenvalue weighted by atomic mass is 10.3. The average molecular weight is 214 g/mol. The highest BCUT2D eigenvalue weighted by Gasteiger charge is 2.11. The van der Waals surface area contributed by atoms with Gasteiger partial charge in [-0.25, -0.2) is 4.79 Å². The summed E-state index contributed by atoms with van der Waals surface area (Å²) in [5.41, 5.74) is 0.372. The van der Waals surface area contributed by atoms with Gasteiger partial charge in [-0.05, 0) is 20.8 Å². The summed E-state index contributed by atoms with van der Waals surface area (Å²) < 4.78 is 15.1. The number of hydrogen-bond donors (Lipinski definition) is 0. The van der Waals surface area contributed by atoms with Crippen molar-refractivity contribution < 1.29 is 19.0 Å². The first-order valence-electron chi connectivity index (χ1n) is 4.71. The van der Waals surface area contributed by atoms with Gasteiger partial charge in [0, 0.05) is 5.57 Å². The van der Waals surface area contributed by atoms with Crippen LogP contribution in [0.4, 0.5) is 0 Å². The van der Waals surface area contributed by atoms with Crippen molar-refractivity contribution >= 4 is 5.97 Å². The lowest BCUT2D eigenvalue weighted by Gasteiger charge is -2.17. The first kappa shape index (κ1) is 13.7. The Morgan fingerprint density at radius 2 is 2.07 bits per heavy atom. The maximum absolute atomic E-state index is 11.1. The van der Waals surface area contributed by atoms with Crippen LogP contribution in [-0.2, 0) is 19.0 Å². The van der Waals surface area contributed by atoms with Crippen molar-refractivity contribution in [2.45, 2.75) is 33.2 Å². The Kier molecular flexibility index (Phi) is 6.45. The maximum Gasteiger partial charge on any atom is 0.333 e. The van der Waals surface area contributed by atoms with E-state index in [-0.39, 0.29) is 12.7 Å². The summed E-state index contributed by atoms with van der Waals surface area (Å²) in [6, 6.07) is 0. The molecule has 15 heavy (non-hydrogen) atoms. The molecule has 0 amide bonds. The zero-order valence-corrected chi connectivity index (χ0v) is 9.49. The number of carbonyl (C=O) groups is 1. The second-order valence-electron chi connectivity index (χ2n) is 3.20. The van der Waals surface area contributed by atoms with E-state index in [1.54, 1.807) is 20.8 Å². The van der Waals surface area contributed by atoms with E-state index >= 15 is 0 Å². The fraction of sp³-hybridized carbons (Fsp3) is 0.545. The Balaban J connectivity index is 3.74. The van der Waals surface area contributed by atoms with E-state index in [0.717, 1.165) is 0 Å². The fourth-order valence-corrected chi connectivity index (χ4v) is 0.763. The molecule has 0 aliphatic heterocycles. The van der Waals surface area contributed by atoms with Gasteiger partial charge in [0.1, 0.15) is 6.10 Å². The highest BCUT2D eigenvalue weighted by Crippen LogP contribution is 2.01. The molecule has 0 saturated carbocycles. The Morgan fingerprint density at radius 3 is 2.53 bits per heavy atom. The molecule has 0 radical (unpaired) electrons. The van der Waals surface area contributed by atoms with Gasteiger partial charge >= 0.3 is 5.97 Å². The lowest BCUT2D eigenvalue weighted by molar-refractivity contribution is -0.154. The second-order valence-corrected chi connectivity index (χ2v) is 3.20. The highest BCUT2D eigenvalue weighted by molar-refractivity contribution is 5.87. The van der Waals surface area contributed by atoms with Gasteiger partial charge in [-0.2, -0.15) is 0 Å². The minimum absolute atomic E-state index is 0.272. The molecule has 0 N–H and O–H groups in total. The molecule has 0 aliphatic rings. The van der Waals surface area contributed by atoms with Crippen molar-refractivity contribution in [1.82, 2.24) is 0 Å². The summed E-state index contributed by atoms with van der Waals surface area (Å²) in [4.78, 5) is 11.1. The Morgan fingerprint density at radius 1 is 1.47 bits per heavy atom. The lowest BCUT2D eigenvalue weighted by Crippen LogP contribution is -2.23. The van der Waals surface area contributed by atoms with Crippen LogP contribution < -0.4 is 0 Å². The molecule has 0 fully saturated rings.